The molecule has 1 heterocycles. The maximum atomic E-state index is 4.09. The Balaban J connectivity index is 2.21. The maximum absolute atomic E-state index is 4.09. The van der Waals surface area contributed by atoms with Crippen LogP contribution in [0.4, 0.5) is 0 Å². The summed E-state index contributed by atoms with van der Waals surface area (Å²) in [6.07, 6.45) is 5.31. The highest BCUT2D eigenvalue weighted by atomic mass is 79.9. The van der Waals surface area contributed by atoms with Gasteiger partial charge in [0.05, 0.1) is 11.7 Å². The molecule has 1 aromatic heterocycles. The van der Waals surface area contributed by atoms with Gasteiger partial charge in [-0.1, -0.05) is 25.0 Å². The lowest BCUT2D eigenvalue weighted by atomic mass is 9.78. The molecule has 3 atom stereocenters. The molecule has 1 N–H and O–H groups in total. The van der Waals surface area contributed by atoms with Crippen LogP contribution in [-0.2, 0) is 7.05 Å². The summed E-state index contributed by atoms with van der Waals surface area (Å²) >= 11 is 3.51. The molecule has 1 saturated carbocycles. The van der Waals surface area contributed by atoms with E-state index in [0.717, 1.165) is 10.5 Å². The average Bonchev–Trinajstić information content (AvgIpc) is 2.62. The third-order valence-electron chi connectivity index (χ3n) is 3.88. The number of rotatable bonds is 3. The van der Waals surface area contributed by atoms with Crippen molar-refractivity contribution in [1.29, 1.82) is 0 Å². The quantitative estimate of drug-likeness (QED) is 0.933. The molecule has 1 aromatic rings. The van der Waals surface area contributed by atoms with E-state index in [0.29, 0.717) is 12.0 Å². The fraction of sp³-hybridized carbons (Fsp3) is 0.833. The van der Waals surface area contributed by atoms with Gasteiger partial charge in [-0.25, -0.2) is 4.68 Å². The zero-order valence-corrected chi connectivity index (χ0v) is 12.4. The minimum Gasteiger partial charge on any atom is -0.311 e. The van der Waals surface area contributed by atoms with Crippen molar-refractivity contribution in [1.82, 2.24) is 20.3 Å². The molecule has 0 spiro atoms. The maximum Gasteiger partial charge on any atom is 0.153 e. The Bertz CT molecular complexity index is 357. The SMILES string of the molecule is CNC(c1c(Br)nnn1C)C1CCCC(C)C1. The van der Waals surface area contributed by atoms with Gasteiger partial charge in [-0.15, -0.1) is 5.10 Å². The van der Waals surface area contributed by atoms with Crippen molar-refractivity contribution in [3.8, 4) is 0 Å². The molecule has 0 aliphatic heterocycles. The number of halogens is 1. The van der Waals surface area contributed by atoms with Gasteiger partial charge in [0.1, 0.15) is 0 Å². The topological polar surface area (TPSA) is 42.7 Å². The van der Waals surface area contributed by atoms with Crippen molar-refractivity contribution in [3.05, 3.63) is 10.3 Å². The van der Waals surface area contributed by atoms with Crippen molar-refractivity contribution >= 4 is 15.9 Å². The van der Waals surface area contributed by atoms with Gasteiger partial charge < -0.3 is 5.32 Å². The summed E-state index contributed by atoms with van der Waals surface area (Å²) in [6.45, 7) is 2.36. The summed E-state index contributed by atoms with van der Waals surface area (Å²) in [5.74, 6) is 1.53. The molecule has 0 bridgehead atoms. The fourth-order valence-corrected chi connectivity index (χ4v) is 3.62. The Kier molecular flexibility index (Phi) is 4.20. The average molecular weight is 301 g/mol. The number of hydrogen-bond donors (Lipinski definition) is 1. The lowest BCUT2D eigenvalue weighted by Gasteiger charge is -2.33. The molecule has 0 radical (unpaired) electrons. The van der Waals surface area contributed by atoms with E-state index in [1.54, 1.807) is 0 Å². The highest BCUT2D eigenvalue weighted by Gasteiger charge is 2.30. The zero-order valence-electron chi connectivity index (χ0n) is 10.8. The Morgan fingerprint density at radius 3 is 2.76 bits per heavy atom. The van der Waals surface area contributed by atoms with Crippen LogP contribution in [0.15, 0.2) is 4.60 Å². The van der Waals surface area contributed by atoms with Crippen molar-refractivity contribution < 1.29 is 0 Å². The van der Waals surface area contributed by atoms with E-state index < -0.39 is 0 Å². The fourth-order valence-electron chi connectivity index (χ4n) is 3.05. The van der Waals surface area contributed by atoms with Crippen molar-refractivity contribution in [2.45, 2.75) is 38.6 Å². The molecular weight excluding hydrogens is 280 g/mol. The Morgan fingerprint density at radius 2 is 2.24 bits per heavy atom. The van der Waals surface area contributed by atoms with Crippen LogP contribution in [0.2, 0.25) is 0 Å². The first kappa shape index (κ1) is 13.0. The van der Waals surface area contributed by atoms with Crippen LogP contribution in [0.1, 0.15) is 44.3 Å². The Hall–Kier alpha value is -0.420. The highest BCUT2D eigenvalue weighted by molar-refractivity contribution is 9.10. The molecule has 1 aliphatic rings. The van der Waals surface area contributed by atoms with Crippen molar-refractivity contribution in [2.24, 2.45) is 18.9 Å². The molecule has 2 rings (SSSR count). The number of nitrogens with zero attached hydrogens (tertiary/aromatic N) is 3. The van der Waals surface area contributed by atoms with E-state index in [4.69, 9.17) is 0 Å². The molecule has 17 heavy (non-hydrogen) atoms. The summed E-state index contributed by atoms with van der Waals surface area (Å²) in [7, 11) is 3.99. The highest BCUT2D eigenvalue weighted by Crippen LogP contribution is 2.38. The van der Waals surface area contributed by atoms with E-state index in [1.165, 1.54) is 31.4 Å². The predicted molar refractivity (Wildman–Crippen MR) is 71.6 cm³/mol. The first-order valence-corrected chi connectivity index (χ1v) is 7.15. The van der Waals surface area contributed by atoms with E-state index in [9.17, 15) is 0 Å². The lowest BCUT2D eigenvalue weighted by Crippen LogP contribution is -2.30. The van der Waals surface area contributed by atoms with Gasteiger partial charge in [0.15, 0.2) is 4.60 Å². The van der Waals surface area contributed by atoms with Crippen LogP contribution < -0.4 is 5.32 Å². The molecule has 0 saturated heterocycles. The summed E-state index contributed by atoms with van der Waals surface area (Å²) in [5, 5.41) is 11.6. The number of aryl methyl sites for hydroxylation is 1. The Morgan fingerprint density at radius 1 is 1.47 bits per heavy atom. The standard InChI is InChI=1S/C12H21BrN4/c1-8-5-4-6-9(7-8)10(14-2)11-12(13)15-16-17(11)3/h8-10,14H,4-7H2,1-3H3. The van der Waals surface area contributed by atoms with Crippen LogP contribution in [0.3, 0.4) is 0 Å². The molecule has 5 heteroatoms. The molecule has 96 valence electrons. The van der Waals surface area contributed by atoms with Gasteiger partial charge in [-0.05, 0) is 47.7 Å². The second kappa shape index (κ2) is 5.48. The first-order chi connectivity index (χ1) is 8.13. The first-order valence-electron chi connectivity index (χ1n) is 6.35. The van der Waals surface area contributed by atoms with E-state index in [1.807, 2.05) is 18.8 Å². The largest absolute Gasteiger partial charge is 0.311 e. The molecule has 0 aromatic carbocycles. The van der Waals surface area contributed by atoms with Crippen LogP contribution >= 0.6 is 15.9 Å². The van der Waals surface area contributed by atoms with Gasteiger partial charge in [-0.2, -0.15) is 0 Å². The van der Waals surface area contributed by atoms with E-state index in [2.05, 4.69) is 38.5 Å². The summed E-state index contributed by atoms with van der Waals surface area (Å²) in [5.41, 5.74) is 1.17. The third-order valence-corrected chi connectivity index (χ3v) is 4.45. The van der Waals surface area contributed by atoms with Crippen LogP contribution in [0.25, 0.3) is 0 Å². The number of hydrogen-bond acceptors (Lipinski definition) is 3. The van der Waals surface area contributed by atoms with Gasteiger partial charge in [0, 0.05) is 7.05 Å². The smallest absolute Gasteiger partial charge is 0.153 e. The number of nitrogens with one attached hydrogen (secondary N) is 1. The van der Waals surface area contributed by atoms with Crippen molar-refractivity contribution in [2.75, 3.05) is 7.05 Å². The monoisotopic (exact) mass is 300 g/mol. The normalized spacial score (nSPS) is 27.1. The van der Waals surface area contributed by atoms with Crippen molar-refractivity contribution in [3.63, 3.8) is 0 Å². The van der Waals surface area contributed by atoms with Crippen LogP contribution in [-0.4, -0.2) is 22.0 Å². The van der Waals surface area contributed by atoms with Gasteiger partial charge in [-0.3, -0.25) is 0 Å². The molecular formula is C12H21BrN4. The summed E-state index contributed by atoms with van der Waals surface area (Å²) in [4.78, 5) is 0. The molecule has 1 fully saturated rings. The lowest BCUT2D eigenvalue weighted by molar-refractivity contribution is 0.224. The third kappa shape index (κ3) is 2.71. The zero-order chi connectivity index (χ0) is 12.4. The minimum atomic E-state index is 0.354. The van der Waals surface area contributed by atoms with Gasteiger partial charge in [0.2, 0.25) is 0 Å². The molecule has 1 aliphatic carbocycles. The van der Waals surface area contributed by atoms with Gasteiger partial charge >= 0.3 is 0 Å². The van der Waals surface area contributed by atoms with Crippen LogP contribution in [0.5, 0.6) is 0 Å². The predicted octanol–water partition coefficient (Wildman–Crippen LogP) is 2.66. The summed E-state index contributed by atoms with van der Waals surface area (Å²) in [6, 6.07) is 0.354. The van der Waals surface area contributed by atoms with Gasteiger partial charge in [0.25, 0.3) is 0 Å². The van der Waals surface area contributed by atoms with Crippen LogP contribution in [0, 0.1) is 11.8 Å². The minimum absolute atomic E-state index is 0.354. The second-order valence-corrected chi connectivity index (χ2v) is 5.94. The van der Waals surface area contributed by atoms with E-state index >= 15 is 0 Å². The number of aromatic nitrogens is 3. The second-order valence-electron chi connectivity index (χ2n) is 5.19. The van der Waals surface area contributed by atoms with E-state index in [-0.39, 0.29) is 0 Å². The molecule has 3 unspecified atom stereocenters. The summed E-state index contributed by atoms with van der Waals surface area (Å²) < 4.78 is 2.75. The Labute approximate surface area is 111 Å². The molecule has 0 amide bonds. The molecule has 4 nitrogen and oxygen atoms in total.